The number of methoxy groups -OCH3 is 1. The first-order chi connectivity index (χ1) is 9.49. The van der Waals surface area contributed by atoms with Gasteiger partial charge in [-0.15, -0.1) is 0 Å². The number of ether oxygens (including phenoxy) is 1. The Labute approximate surface area is 116 Å². The fourth-order valence-corrected chi connectivity index (χ4v) is 2.28. The summed E-state index contributed by atoms with van der Waals surface area (Å²) in [5, 5.41) is 11.2. The summed E-state index contributed by atoms with van der Waals surface area (Å²) >= 11 is 0. The van der Waals surface area contributed by atoms with Crippen LogP contribution in [0.2, 0.25) is 0 Å². The van der Waals surface area contributed by atoms with Gasteiger partial charge in [0.1, 0.15) is 11.2 Å². The maximum Gasteiger partial charge on any atom is 0.247 e. The van der Waals surface area contributed by atoms with Gasteiger partial charge in [-0.05, 0) is 37.3 Å². The van der Waals surface area contributed by atoms with Gasteiger partial charge in [0.25, 0.3) is 0 Å². The predicted molar refractivity (Wildman–Crippen MR) is 74.5 cm³/mol. The van der Waals surface area contributed by atoms with Gasteiger partial charge in [-0.3, -0.25) is 14.9 Å². The molecule has 0 radical (unpaired) electrons. The highest BCUT2D eigenvalue weighted by atomic mass is 16.6. The van der Waals surface area contributed by atoms with Crippen molar-refractivity contribution in [1.29, 1.82) is 0 Å². The van der Waals surface area contributed by atoms with Gasteiger partial charge in [0.05, 0.1) is 7.11 Å². The number of allylic oxidation sites excluding steroid dienone is 2. The number of nitro groups is 1. The third kappa shape index (κ3) is 2.34. The summed E-state index contributed by atoms with van der Waals surface area (Å²) in [5.74, 6) is 0.360. The molecule has 0 saturated heterocycles. The maximum atomic E-state index is 12.6. The first-order valence-corrected chi connectivity index (χ1v) is 6.17. The first kappa shape index (κ1) is 14.0. The van der Waals surface area contributed by atoms with Crippen molar-refractivity contribution < 1.29 is 14.5 Å². The number of rotatable bonds is 4. The second kappa shape index (κ2) is 5.28. The number of hydrogen-bond acceptors (Lipinski definition) is 4. The van der Waals surface area contributed by atoms with E-state index >= 15 is 0 Å². The zero-order valence-electron chi connectivity index (χ0n) is 11.3. The van der Waals surface area contributed by atoms with E-state index in [0.29, 0.717) is 11.3 Å². The number of nitrogens with zero attached hydrogens (tertiary/aromatic N) is 1. The molecule has 0 N–H and O–H groups in total. The van der Waals surface area contributed by atoms with Crippen molar-refractivity contribution in [3.05, 3.63) is 64.2 Å². The molecule has 2 rings (SSSR count). The minimum atomic E-state index is -1.17. The molecule has 2 atom stereocenters. The van der Waals surface area contributed by atoms with Gasteiger partial charge in [0.15, 0.2) is 5.78 Å². The second-order valence-corrected chi connectivity index (χ2v) is 4.81. The molecule has 0 bridgehead atoms. The molecule has 1 aliphatic carbocycles. The van der Waals surface area contributed by atoms with E-state index < -0.39 is 16.4 Å². The highest BCUT2D eigenvalue weighted by Crippen LogP contribution is 2.33. The van der Waals surface area contributed by atoms with E-state index in [1.807, 2.05) is 0 Å². The van der Waals surface area contributed by atoms with Gasteiger partial charge in [-0.1, -0.05) is 18.2 Å². The lowest BCUT2D eigenvalue weighted by Crippen LogP contribution is -2.43. The van der Waals surface area contributed by atoms with E-state index in [0.717, 1.165) is 0 Å². The minimum Gasteiger partial charge on any atom is -0.497 e. The van der Waals surface area contributed by atoms with Crippen molar-refractivity contribution in [3.63, 3.8) is 0 Å². The molecular weight excluding hydrogens is 258 g/mol. The van der Waals surface area contributed by atoms with Crippen LogP contribution in [0.15, 0.2) is 48.6 Å². The van der Waals surface area contributed by atoms with Gasteiger partial charge in [0, 0.05) is 10.5 Å². The van der Waals surface area contributed by atoms with Crippen molar-refractivity contribution in [2.75, 3.05) is 7.11 Å². The number of benzene rings is 1. The van der Waals surface area contributed by atoms with Crippen LogP contribution in [0.25, 0.3) is 0 Å². The van der Waals surface area contributed by atoms with Crippen LogP contribution in [0.5, 0.6) is 5.75 Å². The number of hydrogen-bond donors (Lipinski definition) is 0. The molecule has 2 unspecified atom stereocenters. The monoisotopic (exact) mass is 273 g/mol. The molecule has 1 aromatic rings. The van der Waals surface area contributed by atoms with Crippen LogP contribution in [0.3, 0.4) is 0 Å². The molecule has 104 valence electrons. The summed E-state index contributed by atoms with van der Waals surface area (Å²) in [7, 11) is 1.54. The van der Waals surface area contributed by atoms with Crippen LogP contribution < -0.4 is 4.74 Å². The summed E-state index contributed by atoms with van der Waals surface area (Å²) in [6, 6.07) is 5.52. The van der Waals surface area contributed by atoms with Crippen molar-refractivity contribution in [3.8, 4) is 5.75 Å². The Balaban J connectivity index is 2.36. The van der Waals surface area contributed by atoms with Crippen LogP contribution in [0.4, 0.5) is 0 Å². The van der Waals surface area contributed by atoms with Crippen LogP contribution >= 0.6 is 0 Å². The average molecular weight is 273 g/mol. The Morgan fingerprint density at radius 3 is 2.50 bits per heavy atom. The Morgan fingerprint density at radius 2 is 1.95 bits per heavy atom. The molecule has 1 aliphatic rings. The molecule has 0 saturated carbocycles. The van der Waals surface area contributed by atoms with E-state index in [1.54, 1.807) is 49.4 Å². The molecule has 5 nitrogen and oxygen atoms in total. The first-order valence-electron chi connectivity index (χ1n) is 6.17. The average Bonchev–Trinajstić information content (AvgIpc) is 2.46. The van der Waals surface area contributed by atoms with E-state index in [1.165, 1.54) is 13.2 Å². The van der Waals surface area contributed by atoms with Crippen molar-refractivity contribution >= 4 is 5.78 Å². The number of carbonyl (C=O) groups is 1. The molecule has 5 heteroatoms. The molecule has 1 aromatic carbocycles. The fourth-order valence-electron chi connectivity index (χ4n) is 2.28. The zero-order valence-corrected chi connectivity index (χ0v) is 11.3. The van der Waals surface area contributed by atoms with Crippen LogP contribution in [0.1, 0.15) is 17.3 Å². The minimum absolute atomic E-state index is 0.276. The highest BCUT2D eigenvalue weighted by Gasteiger charge is 2.46. The van der Waals surface area contributed by atoms with Gasteiger partial charge < -0.3 is 4.74 Å². The molecule has 0 aliphatic heterocycles. The Morgan fingerprint density at radius 1 is 1.30 bits per heavy atom. The summed E-state index contributed by atoms with van der Waals surface area (Å²) in [6.45, 7) is 1.59. The number of Topliss-reactive ketones (excluding diaryl/α,β-unsaturated/α-hetero) is 1. The van der Waals surface area contributed by atoms with Crippen LogP contribution in [-0.2, 0) is 0 Å². The van der Waals surface area contributed by atoms with Crippen molar-refractivity contribution in [2.24, 2.45) is 5.41 Å². The lowest BCUT2D eigenvalue weighted by molar-refractivity contribution is -0.520. The van der Waals surface area contributed by atoms with E-state index in [-0.39, 0.29) is 5.78 Å². The number of ketones is 1. The third-order valence-corrected chi connectivity index (χ3v) is 3.53. The molecule has 0 spiro atoms. The molecule has 0 aromatic heterocycles. The molecule has 0 amide bonds. The molecule has 0 heterocycles. The fraction of sp³-hybridized carbons (Fsp3) is 0.267. The Kier molecular flexibility index (Phi) is 3.70. The lowest BCUT2D eigenvalue weighted by atomic mass is 9.74. The zero-order chi connectivity index (χ0) is 14.8. The van der Waals surface area contributed by atoms with Gasteiger partial charge in [0.2, 0.25) is 6.04 Å². The highest BCUT2D eigenvalue weighted by molar-refractivity contribution is 6.02. The standard InChI is InChI=1S/C15H15NO4/c1-15(10-4-3-5-13(15)16(18)19)14(17)11-6-8-12(20-2)9-7-11/h3-10,13H,1-2H3. The summed E-state index contributed by atoms with van der Waals surface area (Å²) in [5.41, 5.74) is -0.743. The van der Waals surface area contributed by atoms with E-state index in [9.17, 15) is 14.9 Å². The lowest BCUT2D eigenvalue weighted by Gasteiger charge is -2.27. The molecule has 20 heavy (non-hydrogen) atoms. The largest absolute Gasteiger partial charge is 0.497 e. The van der Waals surface area contributed by atoms with Gasteiger partial charge >= 0.3 is 0 Å². The second-order valence-electron chi connectivity index (χ2n) is 4.81. The summed E-state index contributed by atoms with van der Waals surface area (Å²) < 4.78 is 5.03. The number of carbonyl (C=O) groups excluding carboxylic acids is 1. The third-order valence-electron chi connectivity index (χ3n) is 3.53. The topological polar surface area (TPSA) is 69.4 Å². The van der Waals surface area contributed by atoms with Crippen molar-refractivity contribution in [2.45, 2.75) is 13.0 Å². The Hall–Kier alpha value is -2.43. The van der Waals surface area contributed by atoms with Crippen LogP contribution in [0, 0.1) is 15.5 Å². The predicted octanol–water partition coefficient (Wildman–Crippen LogP) is 2.66. The van der Waals surface area contributed by atoms with Gasteiger partial charge in [-0.25, -0.2) is 0 Å². The molecule has 0 fully saturated rings. The SMILES string of the molecule is COc1ccc(C(=O)C2(C)C=CC=CC2[N+](=O)[O-])cc1. The van der Waals surface area contributed by atoms with Gasteiger partial charge in [-0.2, -0.15) is 0 Å². The normalized spacial score (nSPS) is 24.4. The van der Waals surface area contributed by atoms with E-state index in [4.69, 9.17) is 4.74 Å². The quantitative estimate of drug-likeness (QED) is 0.480. The smallest absolute Gasteiger partial charge is 0.247 e. The summed E-state index contributed by atoms with van der Waals surface area (Å²) in [6.07, 6.45) is 6.30. The van der Waals surface area contributed by atoms with E-state index in [2.05, 4.69) is 0 Å². The van der Waals surface area contributed by atoms with Crippen LogP contribution in [-0.4, -0.2) is 23.9 Å². The Bertz CT molecular complexity index is 588. The summed E-state index contributed by atoms with van der Waals surface area (Å²) in [4.78, 5) is 23.3. The van der Waals surface area contributed by atoms with Crippen molar-refractivity contribution in [1.82, 2.24) is 0 Å². The maximum absolute atomic E-state index is 12.6. The molecular formula is C15H15NO4.